The molecule has 0 spiro atoms. The molecule has 5 nitrogen and oxygen atoms in total. The first-order valence-corrected chi connectivity index (χ1v) is 9.43. The van der Waals surface area contributed by atoms with E-state index in [0.29, 0.717) is 30.3 Å². The molecule has 0 amide bonds. The van der Waals surface area contributed by atoms with Gasteiger partial charge in [0.15, 0.2) is 17.3 Å². The second-order valence-electron chi connectivity index (χ2n) is 6.98. The van der Waals surface area contributed by atoms with Crippen molar-refractivity contribution in [1.82, 2.24) is 0 Å². The van der Waals surface area contributed by atoms with Gasteiger partial charge in [0.25, 0.3) is 0 Å². The summed E-state index contributed by atoms with van der Waals surface area (Å²) in [7, 11) is 1.65. The molecular formula is C22H24O5. The van der Waals surface area contributed by atoms with Crippen molar-refractivity contribution < 1.29 is 23.7 Å². The Balaban J connectivity index is 1.73. The van der Waals surface area contributed by atoms with Crippen LogP contribution >= 0.6 is 0 Å². The van der Waals surface area contributed by atoms with Gasteiger partial charge in [0.05, 0.1) is 18.6 Å². The lowest BCUT2D eigenvalue weighted by Gasteiger charge is -2.32. The molecule has 27 heavy (non-hydrogen) atoms. The molecule has 2 unspecified atom stereocenters. The minimum atomic E-state index is -0.379. The second kappa shape index (κ2) is 7.14. The molecule has 0 aliphatic carbocycles. The lowest BCUT2D eigenvalue weighted by atomic mass is 9.83. The normalized spacial score (nSPS) is 20.6. The molecular weight excluding hydrogens is 344 g/mol. The lowest BCUT2D eigenvalue weighted by molar-refractivity contribution is 0.0809. The lowest BCUT2D eigenvalue weighted by Crippen LogP contribution is -2.34. The van der Waals surface area contributed by atoms with E-state index in [2.05, 4.69) is 6.92 Å². The van der Waals surface area contributed by atoms with Crippen LogP contribution in [-0.2, 0) is 6.42 Å². The van der Waals surface area contributed by atoms with Gasteiger partial charge in [-0.3, -0.25) is 4.79 Å². The van der Waals surface area contributed by atoms with Crippen LogP contribution in [-0.4, -0.2) is 32.2 Å². The summed E-state index contributed by atoms with van der Waals surface area (Å²) in [6, 6.07) is 9.47. The molecule has 4 rings (SSSR count). The second-order valence-corrected chi connectivity index (χ2v) is 6.98. The highest BCUT2D eigenvalue weighted by Crippen LogP contribution is 2.42. The zero-order chi connectivity index (χ0) is 19.0. The van der Waals surface area contributed by atoms with Gasteiger partial charge in [0, 0.05) is 6.07 Å². The highest BCUT2D eigenvalue weighted by atomic mass is 16.6. The first kappa shape index (κ1) is 17.7. The fraction of sp³-hybridized carbons (Fsp3) is 0.409. The van der Waals surface area contributed by atoms with E-state index in [-0.39, 0.29) is 17.8 Å². The van der Waals surface area contributed by atoms with E-state index in [9.17, 15) is 4.79 Å². The van der Waals surface area contributed by atoms with E-state index < -0.39 is 0 Å². The number of methoxy groups -OCH3 is 1. The first-order valence-electron chi connectivity index (χ1n) is 9.43. The van der Waals surface area contributed by atoms with Gasteiger partial charge in [-0.25, -0.2) is 0 Å². The van der Waals surface area contributed by atoms with Crippen LogP contribution in [0.1, 0.15) is 47.7 Å². The molecule has 2 aromatic rings. The third-order valence-electron chi connectivity index (χ3n) is 5.16. The van der Waals surface area contributed by atoms with Gasteiger partial charge in [-0.1, -0.05) is 19.4 Å². The smallest absolute Gasteiger partial charge is 0.177 e. The molecule has 0 radical (unpaired) electrons. The predicted molar refractivity (Wildman–Crippen MR) is 102 cm³/mol. The summed E-state index contributed by atoms with van der Waals surface area (Å²) in [4.78, 5) is 13.4. The van der Waals surface area contributed by atoms with Gasteiger partial charge in [-0.15, -0.1) is 0 Å². The van der Waals surface area contributed by atoms with Crippen molar-refractivity contribution in [1.29, 1.82) is 0 Å². The van der Waals surface area contributed by atoms with Gasteiger partial charge >= 0.3 is 0 Å². The Morgan fingerprint density at radius 1 is 1.07 bits per heavy atom. The van der Waals surface area contributed by atoms with Crippen LogP contribution in [0.25, 0.3) is 0 Å². The van der Waals surface area contributed by atoms with Gasteiger partial charge in [0.2, 0.25) is 0 Å². The highest BCUT2D eigenvalue weighted by molar-refractivity contribution is 6.05. The summed E-state index contributed by atoms with van der Waals surface area (Å²) in [5.41, 5.74) is 2.54. The molecule has 0 N–H and O–H groups in total. The topological polar surface area (TPSA) is 54.0 Å². The molecule has 0 saturated heterocycles. The minimum Gasteiger partial charge on any atom is -0.496 e. The summed E-state index contributed by atoms with van der Waals surface area (Å²) in [6.07, 6.45) is 1.55. The van der Waals surface area contributed by atoms with Gasteiger partial charge in [-0.05, 0) is 42.7 Å². The molecule has 2 heterocycles. The molecule has 5 heteroatoms. The zero-order valence-electron chi connectivity index (χ0n) is 15.9. The molecule has 2 aromatic carbocycles. The number of hydrogen-bond donors (Lipinski definition) is 0. The van der Waals surface area contributed by atoms with E-state index in [0.717, 1.165) is 35.5 Å². The summed E-state index contributed by atoms with van der Waals surface area (Å²) in [5, 5.41) is 0. The van der Waals surface area contributed by atoms with E-state index in [4.69, 9.17) is 18.9 Å². The number of ether oxygens (including phenoxy) is 4. The number of ketones is 1. The van der Waals surface area contributed by atoms with Gasteiger partial charge in [0.1, 0.15) is 30.8 Å². The van der Waals surface area contributed by atoms with Gasteiger partial charge < -0.3 is 18.9 Å². The summed E-state index contributed by atoms with van der Waals surface area (Å²) in [6.45, 7) is 5.10. The number of hydrogen-bond acceptors (Lipinski definition) is 5. The average Bonchev–Trinajstić information content (AvgIpc) is 2.68. The van der Waals surface area contributed by atoms with E-state index in [1.807, 2.05) is 37.3 Å². The third-order valence-corrected chi connectivity index (χ3v) is 5.16. The number of carbonyl (C=O) groups is 1. The van der Waals surface area contributed by atoms with Crippen LogP contribution in [0.5, 0.6) is 23.0 Å². The van der Waals surface area contributed by atoms with Crippen molar-refractivity contribution in [2.75, 3.05) is 20.3 Å². The Labute approximate surface area is 159 Å². The van der Waals surface area contributed by atoms with Crippen molar-refractivity contribution in [3.63, 3.8) is 0 Å². The van der Waals surface area contributed by atoms with Crippen molar-refractivity contribution in [3.05, 3.63) is 47.0 Å². The molecule has 0 bridgehead atoms. The van der Waals surface area contributed by atoms with Crippen molar-refractivity contribution in [2.24, 2.45) is 0 Å². The molecule has 2 aliphatic heterocycles. The van der Waals surface area contributed by atoms with Crippen molar-refractivity contribution >= 4 is 5.78 Å². The fourth-order valence-corrected chi connectivity index (χ4v) is 3.88. The van der Waals surface area contributed by atoms with E-state index >= 15 is 0 Å². The predicted octanol–water partition coefficient (Wildman–Crippen LogP) is 4.17. The molecule has 0 aromatic heterocycles. The maximum atomic E-state index is 13.4. The van der Waals surface area contributed by atoms with Crippen LogP contribution in [0, 0.1) is 0 Å². The van der Waals surface area contributed by atoms with E-state index in [1.165, 1.54) is 0 Å². The third kappa shape index (κ3) is 3.11. The maximum absolute atomic E-state index is 13.4. The number of benzene rings is 2. The summed E-state index contributed by atoms with van der Waals surface area (Å²) in [5.74, 6) is 2.46. The summed E-state index contributed by atoms with van der Waals surface area (Å²) < 4.78 is 22.9. The molecule has 2 atom stereocenters. The number of fused-ring (bicyclic) bond motifs is 2. The first-order chi connectivity index (χ1) is 13.1. The van der Waals surface area contributed by atoms with Crippen molar-refractivity contribution in [3.8, 4) is 23.0 Å². The van der Waals surface area contributed by atoms with Crippen LogP contribution in [0.4, 0.5) is 0 Å². The van der Waals surface area contributed by atoms with Crippen LogP contribution in [0.3, 0.4) is 0 Å². The van der Waals surface area contributed by atoms with Crippen LogP contribution in [0.15, 0.2) is 30.3 Å². The maximum Gasteiger partial charge on any atom is 0.177 e. The zero-order valence-corrected chi connectivity index (χ0v) is 15.9. The Bertz CT molecular complexity index is 873. The quantitative estimate of drug-likeness (QED) is 0.811. The fourth-order valence-electron chi connectivity index (χ4n) is 3.88. The molecule has 0 fully saturated rings. The molecule has 2 aliphatic rings. The number of carbonyl (C=O) groups excluding carboxylic acids is 1. The Morgan fingerprint density at radius 2 is 1.85 bits per heavy atom. The Hall–Kier alpha value is -2.69. The summed E-state index contributed by atoms with van der Waals surface area (Å²) >= 11 is 0. The minimum absolute atomic E-state index is 0.0698. The molecule has 0 saturated carbocycles. The molecule has 142 valence electrons. The van der Waals surface area contributed by atoms with Gasteiger partial charge in [-0.2, -0.15) is 0 Å². The van der Waals surface area contributed by atoms with Crippen molar-refractivity contribution in [2.45, 2.75) is 38.7 Å². The number of aryl methyl sites for hydroxylation is 1. The number of Topliss-reactive ketones (excluding diaryl/α,β-unsaturated/α-hetero) is 1. The SMILES string of the molecule is CCCc1cc2c(cc1OC)OC(C)C(c1ccc3c(c1)OCCO3)C2=O. The number of rotatable bonds is 4. The highest BCUT2D eigenvalue weighted by Gasteiger charge is 2.37. The van der Waals surface area contributed by atoms with Crippen LogP contribution < -0.4 is 18.9 Å². The largest absolute Gasteiger partial charge is 0.496 e. The standard InChI is InChI=1S/C22H24O5/c1-4-5-14-10-16-19(12-18(14)24-3)27-13(2)21(22(16)23)15-6-7-17-20(11-15)26-9-8-25-17/h6-7,10-13,21H,4-5,8-9H2,1-3H3. The Kier molecular flexibility index (Phi) is 4.68. The van der Waals surface area contributed by atoms with Crippen LogP contribution in [0.2, 0.25) is 0 Å². The monoisotopic (exact) mass is 368 g/mol. The van der Waals surface area contributed by atoms with E-state index in [1.54, 1.807) is 7.11 Å². The Morgan fingerprint density at radius 3 is 2.59 bits per heavy atom. The average molecular weight is 368 g/mol.